The molecule has 0 aliphatic carbocycles. The molecule has 0 fully saturated rings. The van der Waals surface area contributed by atoms with Crippen LogP contribution in [-0.2, 0) is 10.0 Å². The van der Waals surface area contributed by atoms with Crippen molar-refractivity contribution in [3.63, 3.8) is 0 Å². The van der Waals surface area contributed by atoms with Crippen molar-refractivity contribution < 1.29 is 12.8 Å². The SMILES string of the molecule is CC(NS(=O)(=O)CC#N)c1ccccc1F. The molecule has 1 atom stereocenters. The van der Waals surface area contributed by atoms with Gasteiger partial charge in [-0.1, -0.05) is 18.2 Å². The quantitative estimate of drug-likeness (QED) is 0.865. The molecule has 1 unspecified atom stereocenters. The summed E-state index contributed by atoms with van der Waals surface area (Å²) >= 11 is 0. The highest BCUT2D eigenvalue weighted by Gasteiger charge is 2.17. The molecule has 6 heteroatoms. The number of sulfonamides is 1. The van der Waals surface area contributed by atoms with E-state index in [-0.39, 0.29) is 5.56 Å². The normalized spacial score (nSPS) is 13.1. The molecule has 0 saturated heterocycles. The molecule has 0 saturated carbocycles. The molecule has 86 valence electrons. The summed E-state index contributed by atoms with van der Waals surface area (Å²) in [4.78, 5) is 0. The lowest BCUT2D eigenvalue weighted by molar-refractivity contribution is 0.552. The Bertz CT molecular complexity index is 508. The van der Waals surface area contributed by atoms with Crippen LogP contribution < -0.4 is 4.72 Å². The Labute approximate surface area is 93.8 Å². The van der Waals surface area contributed by atoms with Crippen molar-refractivity contribution in [3.8, 4) is 6.07 Å². The van der Waals surface area contributed by atoms with Crippen LogP contribution in [0.4, 0.5) is 4.39 Å². The van der Waals surface area contributed by atoms with Gasteiger partial charge in [-0.3, -0.25) is 0 Å². The summed E-state index contributed by atoms with van der Waals surface area (Å²) in [7, 11) is -3.67. The fraction of sp³-hybridized carbons (Fsp3) is 0.300. The third-order valence-corrected chi connectivity index (χ3v) is 3.20. The van der Waals surface area contributed by atoms with Crippen molar-refractivity contribution in [2.75, 3.05) is 5.75 Å². The molecule has 16 heavy (non-hydrogen) atoms. The Balaban J connectivity index is 2.86. The molecule has 1 aromatic carbocycles. The van der Waals surface area contributed by atoms with Crippen LogP contribution in [-0.4, -0.2) is 14.2 Å². The van der Waals surface area contributed by atoms with E-state index in [0.717, 1.165) is 0 Å². The average Bonchev–Trinajstić information content (AvgIpc) is 2.17. The van der Waals surface area contributed by atoms with E-state index in [2.05, 4.69) is 4.72 Å². The van der Waals surface area contributed by atoms with Crippen LogP contribution in [0.15, 0.2) is 24.3 Å². The molecule has 1 N–H and O–H groups in total. The maximum atomic E-state index is 13.3. The summed E-state index contributed by atoms with van der Waals surface area (Å²) in [6.07, 6.45) is 0. The summed E-state index contributed by atoms with van der Waals surface area (Å²) < 4.78 is 38.1. The van der Waals surface area contributed by atoms with Gasteiger partial charge < -0.3 is 0 Å². The largest absolute Gasteiger partial charge is 0.225 e. The highest BCUT2D eigenvalue weighted by Crippen LogP contribution is 2.16. The van der Waals surface area contributed by atoms with Gasteiger partial charge in [-0.15, -0.1) is 0 Å². The molecule has 0 amide bonds. The van der Waals surface area contributed by atoms with E-state index < -0.39 is 27.6 Å². The summed E-state index contributed by atoms with van der Waals surface area (Å²) in [6.45, 7) is 1.52. The second kappa shape index (κ2) is 5.05. The first kappa shape index (κ1) is 12.6. The number of nitrogens with zero attached hydrogens (tertiary/aromatic N) is 1. The van der Waals surface area contributed by atoms with E-state index >= 15 is 0 Å². The Morgan fingerprint density at radius 2 is 2.12 bits per heavy atom. The van der Waals surface area contributed by atoms with E-state index in [4.69, 9.17) is 5.26 Å². The molecule has 0 heterocycles. The minimum absolute atomic E-state index is 0.254. The van der Waals surface area contributed by atoms with E-state index in [0.29, 0.717) is 0 Å². The first-order valence-corrected chi connectivity index (χ1v) is 6.23. The van der Waals surface area contributed by atoms with Crippen molar-refractivity contribution >= 4 is 10.0 Å². The number of rotatable bonds is 4. The van der Waals surface area contributed by atoms with Crippen molar-refractivity contribution in [2.24, 2.45) is 0 Å². The number of nitrogens with one attached hydrogen (secondary N) is 1. The minimum atomic E-state index is -3.67. The van der Waals surface area contributed by atoms with Gasteiger partial charge >= 0.3 is 0 Å². The first-order valence-electron chi connectivity index (χ1n) is 4.57. The standard InChI is InChI=1S/C10H11FN2O2S/c1-8(13-16(14,15)7-6-12)9-4-2-3-5-10(9)11/h2-5,8,13H,7H2,1H3. The molecule has 0 bridgehead atoms. The van der Waals surface area contributed by atoms with E-state index in [1.54, 1.807) is 6.07 Å². The molecular weight excluding hydrogens is 231 g/mol. The van der Waals surface area contributed by atoms with Gasteiger partial charge in [0.1, 0.15) is 5.82 Å². The van der Waals surface area contributed by atoms with Crippen LogP contribution in [0.3, 0.4) is 0 Å². The van der Waals surface area contributed by atoms with Crippen LogP contribution in [0.1, 0.15) is 18.5 Å². The van der Waals surface area contributed by atoms with Crippen molar-refractivity contribution in [1.82, 2.24) is 4.72 Å². The monoisotopic (exact) mass is 242 g/mol. The summed E-state index contributed by atoms with van der Waals surface area (Å²) in [5.74, 6) is -1.11. The predicted octanol–water partition coefficient (Wildman–Crippen LogP) is 1.33. The molecular formula is C10H11FN2O2S. The molecule has 0 aromatic heterocycles. The zero-order valence-electron chi connectivity index (χ0n) is 8.64. The van der Waals surface area contributed by atoms with Gasteiger partial charge in [-0.2, -0.15) is 5.26 Å². The van der Waals surface area contributed by atoms with Gasteiger partial charge in [0, 0.05) is 11.6 Å². The zero-order valence-corrected chi connectivity index (χ0v) is 9.46. The number of hydrogen-bond acceptors (Lipinski definition) is 3. The summed E-state index contributed by atoms with van der Waals surface area (Å²) in [5.41, 5.74) is 0.254. The van der Waals surface area contributed by atoms with Gasteiger partial charge in [0.15, 0.2) is 5.75 Å². The lowest BCUT2D eigenvalue weighted by Crippen LogP contribution is -2.29. The van der Waals surface area contributed by atoms with E-state index in [1.165, 1.54) is 31.2 Å². The van der Waals surface area contributed by atoms with E-state index in [9.17, 15) is 12.8 Å². The molecule has 0 aliphatic heterocycles. The van der Waals surface area contributed by atoms with Crippen LogP contribution in [0.5, 0.6) is 0 Å². The van der Waals surface area contributed by atoms with Crippen molar-refractivity contribution in [3.05, 3.63) is 35.6 Å². The van der Waals surface area contributed by atoms with Gasteiger partial charge in [0.25, 0.3) is 0 Å². The van der Waals surface area contributed by atoms with Gasteiger partial charge in [0.2, 0.25) is 10.0 Å². The molecule has 0 aliphatic rings. The van der Waals surface area contributed by atoms with E-state index in [1.807, 2.05) is 0 Å². The van der Waals surface area contributed by atoms with Crippen LogP contribution in [0.25, 0.3) is 0 Å². The van der Waals surface area contributed by atoms with Crippen LogP contribution in [0, 0.1) is 17.1 Å². The Kier molecular flexibility index (Phi) is 3.99. The number of nitriles is 1. The number of halogens is 1. The molecule has 4 nitrogen and oxygen atoms in total. The third kappa shape index (κ3) is 3.29. The predicted molar refractivity (Wildman–Crippen MR) is 57.4 cm³/mol. The third-order valence-electron chi connectivity index (χ3n) is 1.98. The molecule has 1 aromatic rings. The topological polar surface area (TPSA) is 70.0 Å². The highest BCUT2D eigenvalue weighted by molar-refractivity contribution is 7.89. The lowest BCUT2D eigenvalue weighted by atomic mass is 10.1. The Hall–Kier alpha value is -1.45. The Morgan fingerprint density at radius 1 is 1.50 bits per heavy atom. The second-order valence-electron chi connectivity index (χ2n) is 3.28. The zero-order chi connectivity index (χ0) is 12.2. The lowest BCUT2D eigenvalue weighted by Gasteiger charge is -2.13. The maximum absolute atomic E-state index is 13.3. The molecule has 0 radical (unpaired) electrons. The fourth-order valence-corrected chi connectivity index (χ4v) is 2.20. The van der Waals surface area contributed by atoms with Crippen molar-refractivity contribution in [1.29, 1.82) is 5.26 Å². The summed E-state index contributed by atoms with van der Waals surface area (Å²) in [6, 6.07) is 6.73. The van der Waals surface area contributed by atoms with Gasteiger partial charge in [-0.25, -0.2) is 17.5 Å². The average molecular weight is 242 g/mol. The molecule has 0 spiro atoms. The second-order valence-corrected chi connectivity index (χ2v) is 5.03. The number of hydrogen-bond donors (Lipinski definition) is 1. The molecule has 1 rings (SSSR count). The van der Waals surface area contributed by atoms with Gasteiger partial charge in [0.05, 0.1) is 6.07 Å². The van der Waals surface area contributed by atoms with Crippen LogP contribution in [0.2, 0.25) is 0 Å². The smallest absolute Gasteiger partial charge is 0.211 e. The van der Waals surface area contributed by atoms with Crippen molar-refractivity contribution in [2.45, 2.75) is 13.0 Å². The number of benzene rings is 1. The van der Waals surface area contributed by atoms with Crippen LogP contribution >= 0.6 is 0 Å². The maximum Gasteiger partial charge on any atom is 0.225 e. The summed E-state index contributed by atoms with van der Waals surface area (Å²) in [5, 5.41) is 8.30. The first-order chi connectivity index (χ1) is 7.46. The van der Waals surface area contributed by atoms with Gasteiger partial charge in [-0.05, 0) is 13.0 Å². The highest BCUT2D eigenvalue weighted by atomic mass is 32.2. The Morgan fingerprint density at radius 3 is 2.69 bits per heavy atom. The fourth-order valence-electron chi connectivity index (χ4n) is 1.29. The minimum Gasteiger partial charge on any atom is -0.211 e.